The fourth-order valence-corrected chi connectivity index (χ4v) is 3.98. The van der Waals surface area contributed by atoms with Gasteiger partial charge in [-0.15, -0.1) is 16.4 Å². The first-order chi connectivity index (χ1) is 13.1. The molecule has 0 atom stereocenters. The van der Waals surface area contributed by atoms with Crippen LogP contribution in [0.4, 0.5) is 0 Å². The Labute approximate surface area is 161 Å². The van der Waals surface area contributed by atoms with Crippen LogP contribution >= 0.6 is 22.9 Å². The Morgan fingerprint density at radius 3 is 2.85 bits per heavy atom. The topological polar surface area (TPSA) is 115 Å². The van der Waals surface area contributed by atoms with Gasteiger partial charge in [0, 0.05) is 17.8 Å². The Morgan fingerprint density at radius 2 is 2.11 bits per heavy atom. The highest BCUT2D eigenvalue weighted by molar-refractivity contribution is 7.20. The molecule has 138 valence electrons. The van der Waals surface area contributed by atoms with Crippen LogP contribution in [0.1, 0.15) is 31.6 Å². The minimum Gasteiger partial charge on any atom is -0.467 e. The number of carbonyl (C=O) groups excluding carboxylic acids is 2. The number of hydrogen-bond donors (Lipinski definition) is 2. The third-order valence-electron chi connectivity index (χ3n) is 3.82. The molecule has 11 heteroatoms. The van der Waals surface area contributed by atoms with Gasteiger partial charge >= 0.3 is 0 Å². The lowest BCUT2D eigenvalue weighted by atomic mass is 10.2. The summed E-state index contributed by atoms with van der Waals surface area (Å²) in [5, 5.41) is 16.2. The van der Waals surface area contributed by atoms with Gasteiger partial charge in [0.15, 0.2) is 5.69 Å². The predicted molar refractivity (Wildman–Crippen MR) is 99.5 cm³/mol. The Bertz CT molecular complexity index is 1080. The van der Waals surface area contributed by atoms with Gasteiger partial charge in [-0.05, 0) is 29.7 Å². The Morgan fingerprint density at radius 1 is 1.26 bits per heavy atom. The van der Waals surface area contributed by atoms with Crippen molar-refractivity contribution >= 4 is 44.9 Å². The first-order valence-electron chi connectivity index (χ1n) is 7.93. The largest absolute Gasteiger partial charge is 0.467 e. The van der Waals surface area contributed by atoms with Crippen molar-refractivity contribution in [1.82, 2.24) is 30.0 Å². The number of amides is 2. The summed E-state index contributed by atoms with van der Waals surface area (Å²) in [5.74, 6) is 0.191. The Balaban J connectivity index is 1.48. The molecule has 0 aliphatic rings. The second-order valence-electron chi connectivity index (χ2n) is 5.63. The molecule has 4 aromatic rings. The van der Waals surface area contributed by atoms with E-state index in [1.54, 1.807) is 41.6 Å². The fraction of sp³-hybridized carbons (Fsp3) is 0.188. The van der Waals surface area contributed by atoms with Crippen LogP contribution in [0.15, 0.2) is 34.3 Å². The molecule has 0 radical (unpaired) electrons. The van der Waals surface area contributed by atoms with E-state index in [-0.39, 0.29) is 24.1 Å². The van der Waals surface area contributed by atoms with Crippen molar-refractivity contribution < 1.29 is 14.0 Å². The lowest BCUT2D eigenvalue weighted by Gasteiger charge is -2.01. The molecule has 0 saturated heterocycles. The van der Waals surface area contributed by atoms with E-state index >= 15 is 0 Å². The maximum atomic E-state index is 12.4. The molecule has 4 heterocycles. The zero-order valence-corrected chi connectivity index (χ0v) is 15.8. The van der Waals surface area contributed by atoms with E-state index in [0.717, 1.165) is 21.7 Å². The molecule has 0 aliphatic heterocycles. The molecule has 4 rings (SSSR count). The summed E-state index contributed by atoms with van der Waals surface area (Å²) in [6.07, 6.45) is 1.56. The van der Waals surface area contributed by atoms with Crippen LogP contribution in [0.5, 0.6) is 0 Å². The van der Waals surface area contributed by atoms with E-state index in [9.17, 15) is 9.59 Å². The SMILES string of the molecule is Cn1nc(CNC(=O)c2csnn2)c2cc(C(=O)NCc3ccco3)sc21. The molecule has 2 N–H and O–H groups in total. The number of aryl methyl sites for hydroxylation is 1. The van der Waals surface area contributed by atoms with E-state index in [2.05, 4.69) is 25.3 Å². The third kappa shape index (κ3) is 3.59. The van der Waals surface area contributed by atoms with Crippen LogP contribution in [0.25, 0.3) is 10.2 Å². The van der Waals surface area contributed by atoms with Gasteiger partial charge in [0.25, 0.3) is 11.8 Å². The molecule has 0 spiro atoms. The van der Waals surface area contributed by atoms with E-state index in [4.69, 9.17) is 4.42 Å². The fourth-order valence-electron chi connectivity index (χ4n) is 2.54. The van der Waals surface area contributed by atoms with Gasteiger partial charge in [0.1, 0.15) is 10.6 Å². The second kappa shape index (κ2) is 7.29. The highest BCUT2D eigenvalue weighted by atomic mass is 32.1. The standard InChI is InChI=1S/C16H14N6O3S2/c1-22-16-10(11(20-22)7-18-14(23)12-8-26-21-19-12)5-13(27-16)15(24)17-6-9-3-2-4-25-9/h2-5,8H,6-7H2,1H3,(H,17,24)(H,18,23). The summed E-state index contributed by atoms with van der Waals surface area (Å²) in [7, 11) is 1.80. The van der Waals surface area contributed by atoms with E-state index in [1.807, 2.05) is 0 Å². The minimum atomic E-state index is -0.311. The zero-order valence-electron chi connectivity index (χ0n) is 14.1. The predicted octanol–water partition coefficient (Wildman–Crippen LogP) is 1.94. The molecule has 0 bridgehead atoms. The molecule has 0 saturated carbocycles. The Hall–Kier alpha value is -3.05. The van der Waals surface area contributed by atoms with Crippen LogP contribution in [0.3, 0.4) is 0 Å². The van der Waals surface area contributed by atoms with Crippen molar-refractivity contribution in [3.05, 3.63) is 51.9 Å². The molecule has 4 aromatic heterocycles. The molecule has 2 amide bonds. The van der Waals surface area contributed by atoms with Crippen molar-refractivity contribution in [2.75, 3.05) is 0 Å². The van der Waals surface area contributed by atoms with Gasteiger partial charge in [-0.3, -0.25) is 14.3 Å². The second-order valence-corrected chi connectivity index (χ2v) is 7.28. The van der Waals surface area contributed by atoms with Crippen LogP contribution in [-0.2, 0) is 20.1 Å². The minimum absolute atomic E-state index is 0.184. The maximum Gasteiger partial charge on any atom is 0.273 e. The summed E-state index contributed by atoms with van der Waals surface area (Å²) < 4.78 is 10.6. The van der Waals surface area contributed by atoms with Gasteiger partial charge in [0.05, 0.1) is 29.9 Å². The number of nitrogens with zero attached hydrogens (tertiary/aromatic N) is 4. The average Bonchev–Trinajstić information content (AvgIpc) is 3.44. The van der Waals surface area contributed by atoms with Crippen LogP contribution in [0, 0.1) is 0 Å². The van der Waals surface area contributed by atoms with Gasteiger partial charge in [-0.2, -0.15) is 5.10 Å². The molecule has 0 aromatic carbocycles. The number of nitrogens with one attached hydrogen (secondary N) is 2. The van der Waals surface area contributed by atoms with Crippen molar-refractivity contribution in [2.45, 2.75) is 13.1 Å². The summed E-state index contributed by atoms with van der Waals surface area (Å²) >= 11 is 2.46. The number of carbonyl (C=O) groups is 2. The van der Waals surface area contributed by atoms with Crippen molar-refractivity contribution in [3.63, 3.8) is 0 Å². The molecular weight excluding hydrogens is 388 g/mol. The third-order valence-corrected chi connectivity index (χ3v) is 5.53. The van der Waals surface area contributed by atoms with Gasteiger partial charge < -0.3 is 15.1 Å². The maximum absolute atomic E-state index is 12.4. The van der Waals surface area contributed by atoms with Gasteiger partial charge in [-0.25, -0.2) is 0 Å². The van der Waals surface area contributed by atoms with E-state index in [1.165, 1.54) is 11.3 Å². The van der Waals surface area contributed by atoms with Gasteiger partial charge in [-0.1, -0.05) is 4.49 Å². The van der Waals surface area contributed by atoms with E-state index in [0.29, 0.717) is 22.9 Å². The van der Waals surface area contributed by atoms with Crippen molar-refractivity contribution in [2.24, 2.45) is 7.05 Å². The van der Waals surface area contributed by atoms with Crippen molar-refractivity contribution in [3.8, 4) is 0 Å². The number of thiophene rings is 1. The van der Waals surface area contributed by atoms with Crippen LogP contribution < -0.4 is 10.6 Å². The molecule has 0 unspecified atom stereocenters. The number of fused-ring (bicyclic) bond motifs is 1. The molecule has 0 aliphatic carbocycles. The number of furan rings is 1. The first-order valence-corrected chi connectivity index (χ1v) is 9.58. The monoisotopic (exact) mass is 402 g/mol. The van der Waals surface area contributed by atoms with Crippen LogP contribution in [0.2, 0.25) is 0 Å². The van der Waals surface area contributed by atoms with Crippen molar-refractivity contribution in [1.29, 1.82) is 0 Å². The molecular formula is C16H14N6O3S2. The summed E-state index contributed by atoms with van der Waals surface area (Å²) in [5.41, 5.74) is 0.959. The highest BCUT2D eigenvalue weighted by Crippen LogP contribution is 2.28. The quantitative estimate of drug-likeness (QED) is 0.509. The lowest BCUT2D eigenvalue weighted by molar-refractivity contribution is 0.0940. The zero-order chi connectivity index (χ0) is 18.8. The number of hydrogen-bond acceptors (Lipinski definition) is 8. The highest BCUT2D eigenvalue weighted by Gasteiger charge is 2.18. The lowest BCUT2D eigenvalue weighted by Crippen LogP contribution is -2.23. The van der Waals surface area contributed by atoms with Crippen LogP contribution in [-0.4, -0.2) is 31.2 Å². The molecule has 27 heavy (non-hydrogen) atoms. The van der Waals surface area contributed by atoms with Gasteiger partial charge in [0.2, 0.25) is 0 Å². The summed E-state index contributed by atoms with van der Waals surface area (Å²) in [6, 6.07) is 5.36. The molecule has 9 nitrogen and oxygen atoms in total. The Kier molecular flexibility index (Phi) is 4.69. The summed E-state index contributed by atoms with van der Waals surface area (Å²) in [4.78, 5) is 25.8. The average molecular weight is 402 g/mol. The van der Waals surface area contributed by atoms with E-state index < -0.39 is 0 Å². The molecule has 0 fully saturated rings. The summed E-state index contributed by atoms with van der Waals surface area (Å²) in [6.45, 7) is 0.556. The smallest absolute Gasteiger partial charge is 0.273 e. The first kappa shape index (κ1) is 17.4. The number of aromatic nitrogens is 4. The number of rotatable bonds is 6. The normalized spacial score (nSPS) is 11.0.